The van der Waals surface area contributed by atoms with Gasteiger partial charge in [0, 0.05) is 12.8 Å². The molecule has 0 bridgehead atoms. The molecule has 0 aromatic carbocycles. The number of phosphoric acid groups is 1. The second kappa shape index (κ2) is 5.93. The summed E-state index contributed by atoms with van der Waals surface area (Å²) in [6, 6.07) is 0. The number of halogens is 3. The van der Waals surface area contributed by atoms with Crippen molar-refractivity contribution in [3.8, 4) is 24.2 Å². The summed E-state index contributed by atoms with van der Waals surface area (Å²) in [7, 11) is -5.24. The van der Waals surface area contributed by atoms with Crippen LogP contribution in [0.3, 0.4) is 0 Å². The highest BCUT2D eigenvalue weighted by Gasteiger charge is 2.43. The first-order valence-corrected chi connectivity index (χ1v) is 5.42. The fourth-order valence-electron chi connectivity index (χ4n) is 0.605. The maximum absolute atomic E-state index is 12.1. The molecule has 90 valence electrons. The van der Waals surface area contributed by atoms with E-state index in [0.717, 1.165) is 0 Å². The number of alkyl halides is 3. The van der Waals surface area contributed by atoms with Crippen molar-refractivity contribution in [1.82, 2.24) is 0 Å². The van der Waals surface area contributed by atoms with E-state index in [1.165, 1.54) is 0 Å². The Kier molecular flexibility index (Phi) is 5.57. The number of unbranched alkanes of at least 4 members (excludes halogenated alkanes) is 1. The van der Waals surface area contributed by atoms with Crippen molar-refractivity contribution in [2.75, 3.05) is 0 Å². The molecule has 0 spiro atoms. The van der Waals surface area contributed by atoms with E-state index in [2.05, 4.69) is 10.4 Å². The van der Waals surface area contributed by atoms with Crippen LogP contribution >= 0.6 is 7.82 Å². The van der Waals surface area contributed by atoms with Crippen LogP contribution in [0.15, 0.2) is 0 Å². The lowest BCUT2D eigenvalue weighted by molar-refractivity contribution is -0.180. The Hall–Kier alpha value is -0.980. The molecule has 0 aromatic rings. The average Bonchev–Trinajstić information content (AvgIpc) is 2.06. The first-order valence-electron chi connectivity index (χ1n) is 3.89. The molecule has 1 atom stereocenters. The lowest BCUT2D eigenvalue weighted by atomic mass is 10.3. The summed E-state index contributed by atoms with van der Waals surface area (Å²) in [5.41, 5.74) is 0. The number of rotatable bonds is 3. The molecule has 0 radical (unpaired) electrons. The fourth-order valence-corrected chi connectivity index (χ4v) is 1.05. The van der Waals surface area contributed by atoms with E-state index in [1.807, 2.05) is 5.92 Å². The number of terminal acetylenes is 1. The van der Waals surface area contributed by atoms with Crippen molar-refractivity contribution < 1.29 is 32.0 Å². The van der Waals surface area contributed by atoms with Crippen LogP contribution in [-0.2, 0) is 9.09 Å². The Balaban J connectivity index is 4.63. The smallest absolute Gasteiger partial charge is 0.303 e. The molecule has 2 N–H and O–H groups in total. The van der Waals surface area contributed by atoms with Gasteiger partial charge in [0.1, 0.15) is 0 Å². The Bertz CT molecular complexity index is 367. The average molecular weight is 256 g/mol. The SMILES string of the molecule is C#CCCC#CC(OP(=O)(O)O)C(F)(F)F. The summed E-state index contributed by atoms with van der Waals surface area (Å²) in [5.74, 6) is 5.75. The molecule has 0 amide bonds. The van der Waals surface area contributed by atoms with Gasteiger partial charge in [-0.05, 0) is 0 Å². The van der Waals surface area contributed by atoms with E-state index in [4.69, 9.17) is 16.2 Å². The maximum atomic E-state index is 12.1. The molecule has 0 aliphatic rings. The largest absolute Gasteiger partial charge is 0.471 e. The Labute approximate surface area is 90.0 Å². The molecule has 8 heteroatoms. The molecule has 0 aliphatic carbocycles. The van der Waals surface area contributed by atoms with Gasteiger partial charge in [-0.3, -0.25) is 4.52 Å². The Morgan fingerprint density at radius 3 is 2.31 bits per heavy atom. The van der Waals surface area contributed by atoms with Crippen LogP contribution in [0, 0.1) is 24.2 Å². The molecule has 0 aliphatic heterocycles. The molecule has 0 saturated carbocycles. The minimum absolute atomic E-state index is 0.00635. The molecule has 0 heterocycles. The lowest BCUT2D eigenvalue weighted by Gasteiger charge is -2.15. The third kappa shape index (κ3) is 7.33. The van der Waals surface area contributed by atoms with E-state index in [9.17, 15) is 17.7 Å². The van der Waals surface area contributed by atoms with Gasteiger partial charge in [-0.1, -0.05) is 11.8 Å². The van der Waals surface area contributed by atoms with Gasteiger partial charge in [-0.2, -0.15) is 13.2 Å². The highest BCUT2D eigenvalue weighted by Crippen LogP contribution is 2.41. The summed E-state index contributed by atoms with van der Waals surface area (Å²) < 4.78 is 50.2. The van der Waals surface area contributed by atoms with Crippen LogP contribution in [0.4, 0.5) is 13.2 Å². The molecule has 0 rings (SSSR count). The first kappa shape index (κ1) is 15.0. The van der Waals surface area contributed by atoms with E-state index in [-0.39, 0.29) is 12.8 Å². The van der Waals surface area contributed by atoms with Crippen molar-refractivity contribution in [2.45, 2.75) is 25.1 Å². The maximum Gasteiger partial charge on any atom is 0.471 e. The van der Waals surface area contributed by atoms with E-state index >= 15 is 0 Å². The molecule has 0 aromatic heterocycles. The summed E-state index contributed by atoms with van der Waals surface area (Å²) in [4.78, 5) is 16.5. The zero-order valence-electron chi connectivity index (χ0n) is 7.86. The van der Waals surface area contributed by atoms with Crippen molar-refractivity contribution in [3.05, 3.63) is 0 Å². The molecule has 1 unspecified atom stereocenters. The molecule has 0 saturated heterocycles. The zero-order valence-corrected chi connectivity index (χ0v) is 8.76. The number of hydrogen-bond acceptors (Lipinski definition) is 2. The standard InChI is InChI=1S/C8H8F3O4P/c1-2-3-4-5-6-7(8(9,10)11)15-16(12,13)14/h1,7H,3-4H2,(H2,12,13,14). The van der Waals surface area contributed by atoms with Gasteiger partial charge in [-0.15, -0.1) is 12.3 Å². The third-order valence-electron chi connectivity index (χ3n) is 1.17. The molecule has 0 fully saturated rings. The monoisotopic (exact) mass is 256 g/mol. The van der Waals surface area contributed by atoms with Crippen molar-refractivity contribution >= 4 is 7.82 Å². The quantitative estimate of drug-likeness (QED) is 0.455. The van der Waals surface area contributed by atoms with Crippen molar-refractivity contribution in [2.24, 2.45) is 0 Å². The van der Waals surface area contributed by atoms with Gasteiger partial charge >= 0.3 is 14.0 Å². The number of phosphoric ester groups is 1. The Morgan fingerprint density at radius 2 is 1.94 bits per heavy atom. The van der Waals surface area contributed by atoms with E-state index in [0.29, 0.717) is 0 Å². The van der Waals surface area contributed by atoms with Crippen LogP contribution in [0.5, 0.6) is 0 Å². The van der Waals surface area contributed by atoms with Crippen LogP contribution in [0.25, 0.3) is 0 Å². The first-order chi connectivity index (χ1) is 7.17. The minimum atomic E-state index is -5.24. The zero-order chi connectivity index (χ0) is 12.8. The topological polar surface area (TPSA) is 66.8 Å². The molecule has 16 heavy (non-hydrogen) atoms. The van der Waals surface area contributed by atoms with E-state index < -0.39 is 20.1 Å². The van der Waals surface area contributed by atoms with Gasteiger partial charge in [0.25, 0.3) is 0 Å². The molecule has 4 nitrogen and oxygen atoms in total. The van der Waals surface area contributed by atoms with Crippen LogP contribution in [0.2, 0.25) is 0 Å². The van der Waals surface area contributed by atoms with Gasteiger partial charge in [0.15, 0.2) is 0 Å². The van der Waals surface area contributed by atoms with Gasteiger partial charge in [0.2, 0.25) is 6.10 Å². The summed E-state index contributed by atoms with van der Waals surface area (Å²) >= 11 is 0. The van der Waals surface area contributed by atoms with Crippen LogP contribution in [-0.4, -0.2) is 22.1 Å². The number of hydrogen-bond donors (Lipinski definition) is 2. The van der Waals surface area contributed by atoms with Crippen molar-refractivity contribution in [1.29, 1.82) is 0 Å². The van der Waals surface area contributed by atoms with Crippen molar-refractivity contribution in [3.63, 3.8) is 0 Å². The summed E-state index contributed by atoms with van der Waals surface area (Å²) in [5, 5.41) is 0. The van der Waals surface area contributed by atoms with Gasteiger partial charge in [-0.25, -0.2) is 4.57 Å². The molecular formula is C8H8F3O4P. The highest BCUT2D eigenvalue weighted by atomic mass is 31.2. The third-order valence-corrected chi connectivity index (χ3v) is 1.65. The van der Waals surface area contributed by atoms with Crippen LogP contribution < -0.4 is 0 Å². The molecular weight excluding hydrogens is 248 g/mol. The fraction of sp³-hybridized carbons (Fsp3) is 0.500. The van der Waals surface area contributed by atoms with E-state index in [1.54, 1.807) is 5.92 Å². The Morgan fingerprint density at radius 1 is 1.38 bits per heavy atom. The lowest BCUT2D eigenvalue weighted by Crippen LogP contribution is -2.29. The normalized spacial score (nSPS) is 13.5. The summed E-state index contributed by atoms with van der Waals surface area (Å²) in [6.07, 6.45) is -2.80. The second-order valence-electron chi connectivity index (χ2n) is 2.54. The highest BCUT2D eigenvalue weighted by molar-refractivity contribution is 7.46. The van der Waals surface area contributed by atoms with Gasteiger partial charge < -0.3 is 9.79 Å². The predicted octanol–water partition coefficient (Wildman–Crippen LogP) is 1.44. The van der Waals surface area contributed by atoms with Crippen LogP contribution in [0.1, 0.15) is 12.8 Å². The van der Waals surface area contributed by atoms with Gasteiger partial charge in [0.05, 0.1) is 0 Å². The predicted molar refractivity (Wildman–Crippen MR) is 48.8 cm³/mol. The summed E-state index contributed by atoms with van der Waals surface area (Å²) in [6.45, 7) is 0. The second-order valence-corrected chi connectivity index (χ2v) is 3.73. The minimum Gasteiger partial charge on any atom is -0.303 e.